The Labute approximate surface area is 132 Å². The van der Waals surface area contributed by atoms with E-state index >= 15 is 0 Å². The van der Waals surface area contributed by atoms with Crippen LogP contribution in [0.15, 0.2) is 24.3 Å². The molecule has 0 saturated carbocycles. The number of hydrogen-bond acceptors (Lipinski definition) is 2. The average molecular weight is 333 g/mol. The van der Waals surface area contributed by atoms with Crippen LogP contribution in [0.5, 0.6) is 0 Å². The zero-order valence-corrected chi connectivity index (χ0v) is 13.4. The molecule has 0 bridgehead atoms. The zero-order valence-electron chi connectivity index (χ0n) is 12.6. The van der Waals surface area contributed by atoms with Gasteiger partial charge in [0.15, 0.2) is 0 Å². The molecule has 3 nitrogen and oxygen atoms in total. The molecular weight excluding hydrogens is 313 g/mol. The van der Waals surface area contributed by atoms with Gasteiger partial charge in [-0.05, 0) is 24.6 Å². The third-order valence-corrected chi connectivity index (χ3v) is 5.06. The van der Waals surface area contributed by atoms with Crippen LogP contribution in [0, 0.1) is 0 Å². The Morgan fingerprint density at radius 3 is 2.45 bits per heavy atom. The lowest BCUT2D eigenvalue weighted by atomic mass is 10.1. The number of nitrogens with two attached hydrogens (primary N) is 1. The molecule has 1 heterocycles. The number of thioether (sulfide) groups is 1. The van der Waals surface area contributed by atoms with E-state index in [1.807, 2.05) is 19.3 Å². The van der Waals surface area contributed by atoms with Gasteiger partial charge in [-0.1, -0.05) is 12.1 Å². The van der Waals surface area contributed by atoms with Crippen molar-refractivity contribution in [3.05, 3.63) is 35.4 Å². The van der Waals surface area contributed by atoms with Crippen LogP contribution in [0.3, 0.4) is 0 Å². The average Bonchev–Trinajstić information content (AvgIpc) is 2.75. The second kappa shape index (κ2) is 6.91. The third kappa shape index (κ3) is 3.76. The van der Waals surface area contributed by atoms with Crippen molar-refractivity contribution in [1.29, 1.82) is 0 Å². The van der Waals surface area contributed by atoms with E-state index in [1.54, 1.807) is 4.90 Å². The normalized spacial score (nSPS) is 22.4. The molecule has 2 rings (SSSR count). The SMILES string of the molecule is C[NH2+]CCCN1C(=O)[C@@H](C)S[C@@H]1c1ccc(C(F)(F)F)cc1. The van der Waals surface area contributed by atoms with Gasteiger partial charge in [0, 0.05) is 13.0 Å². The summed E-state index contributed by atoms with van der Waals surface area (Å²) in [6.07, 6.45) is -3.46. The van der Waals surface area contributed by atoms with Gasteiger partial charge in [-0.15, -0.1) is 11.8 Å². The van der Waals surface area contributed by atoms with Crippen LogP contribution >= 0.6 is 11.8 Å². The monoisotopic (exact) mass is 333 g/mol. The molecule has 122 valence electrons. The molecule has 1 amide bonds. The van der Waals surface area contributed by atoms with Crippen molar-refractivity contribution >= 4 is 17.7 Å². The van der Waals surface area contributed by atoms with Crippen molar-refractivity contribution in [3.8, 4) is 0 Å². The minimum absolute atomic E-state index is 0.0611. The molecule has 2 N–H and O–H groups in total. The number of carbonyl (C=O) groups is 1. The van der Waals surface area contributed by atoms with Gasteiger partial charge in [-0.3, -0.25) is 4.79 Å². The Kier molecular flexibility index (Phi) is 5.39. The lowest BCUT2D eigenvalue weighted by molar-refractivity contribution is -0.627. The number of benzene rings is 1. The van der Waals surface area contributed by atoms with Gasteiger partial charge in [0.05, 0.1) is 24.4 Å². The van der Waals surface area contributed by atoms with Crippen molar-refractivity contribution < 1.29 is 23.3 Å². The molecule has 22 heavy (non-hydrogen) atoms. The highest BCUT2D eigenvalue weighted by molar-refractivity contribution is 8.01. The molecule has 1 aliphatic rings. The number of amides is 1. The van der Waals surface area contributed by atoms with E-state index in [-0.39, 0.29) is 16.5 Å². The number of halogens is 3. The fourth-order valence-electron chi connectivity index (χ4n) is 2.46. The van der Waals surface area contributed by atoms with Gasteiger partial charge in [0.25, 0.3) is 0 Å². The smallest absolute Gasteiger partial charge is 0.349 e. The van der Waals surface area contributed by atoms with E-state index in [0.29, 0.717) is 6.54 Å². The van der Waals surface area contributed by atoms with Crippen LogP contribution in [-0.4, -0.2) is 36.2 Å². The van der Waals surface area contributed by atoms with E-state index in [4.69, 9.17) is 0 Å². The summed E-state index contributed by atoms with van der Waals surface area (Å²) < 4.78 is 37.9. The summed E-state index contributed by atoms with van der Waals surface area (Å²) >= 11 is 1.49. The summed E-state index contributed by atoms with van der Waals surface area (Å²) in [7, 11) is 1.97. The molecule has 1 aromatic carbocycles. The van der Waals surface area contributed by atoms with Gasteiger partial charge in [-0.25, -0.2) is 0 Å². The molecule has 1 aliphatic heterocycles. The van der Waals surface area contributed by atoms with Crippen LogP contribution < -0.4 is 5.32 Å². The summed E-state index contributed by atoms with van der Waals surface area (Å²) in [6.45, 7) is 3.39. The van der Waals surface area contributed by atoms with Crippen molar-refractivity contribution in [2.75, 3.05) is 20.1 Å². The maximum Gasteiger partial charge on any atom is 0.416 e. The number of carbonyl (C=O) groups excluding carboxylic acids is 1. The van der Waals surface area contributed by atoms with Crippen molar-refractivity contribution in [3.63, 3.8) is 0 Å². The minimum Gasteiger partial charge on any atom is -0.349 e. The topological polar surface area (TPSA) is 36.9 Å². The Balaban J connectivity index is 2.16. The van der Waals surface area contributed by atoms with Crippen LogP contribution in [-0.2, 0) is 11.0 Å². The predicted octanol–water partition coefficient (Wildman–Crippen LogP) is 2.25. The lowest BCUT2D eigenvalue weighted by Gasteiger charge is -2.24. The maximum absolute atomic E-state index is 12.6. The Hall–Kier alpha value is -1.21. The number of quaternary nitrogens is 1. The zero-order chi connectivity index (χ0) is 16.3. The van der Waals surface area contributed by atoms with Gasteiger partial charge in [-0.2, -0.15) is 13.2 Å². The minimum atomic E-state index is -4.33. The summed E-state index contributed by atoms with van der Waals surface area (Å²) in [5.41, 5.74) is 0.0851. The highest BCUT2D eigenvalue weighted by Crippen LogP contribution is 2.43. The molecule has 1 aromatic rings. The second-order valence-electron chi connectivity index (χ2n) is 5.33. The van der Waals surface area contributed by atoms with E-state index < -0.39 is 11.7 Å². The van der Waals surface area contributed by atoms with Crippen molar-refractivity contribution in [2.45, 2.75) is 30.1 Å². The first-order chi connectivity index (χ1) is 10.3. The lowest BCUT2D eigenvalue weighted by Crippen LogP contribution is -2.79. The first-order valence-corrected chi connectivity index (χ1v) is 8.19. The van der Waals surface area contributed by atoms with Crippen LogP contribution in [0.2, 0.25) is 0 Å². The number of rotatable bonds is 5. The molecule has 0 aromatic heterocycles. The highest BCUT2D eigenvalue weighted by atomic mass is 32.2. The third-order valence-electron chi connectivity index (χ3n) is 3.66. The number of hydrogen-bond donors (Lipinski definition) is 1. The molecule has 7 heteroatoms. The maximum atomic E-state index is 12.6. The standard InChI is InChI=1S/C15H19F3N2OS/c1-10-13(21)20(9-3-8-19-2)14(22-10)11-4-6-12(7-5-11)15(16,17)18/h4-7,10,14,19H,3,8-9H2,1-2H3/p+1/t10-,14-/m1/s1. The number of nitrogens with zero attached hydrogens (tertiary/aromatic N) is 1. The molecule has 2 atom stereocenters. The Morgan fingerprint density at radius 1 is 1.27 bits per heavy atom. The Morgan fingerprint density at radius 2 is 1.91 bits per heavy atom. The van der Waals surface area contributed by atoms with Crippen LogP contribution in [0.4, 0.5) is 13.2 Å². The summed E-state index contributed by atoms with van der Waals surface area (Å²) in [5, 5.41) is 1.70. The van der Waals surface area contributed by atoms with Gasteiger partial charge in [0.2, 0.25) is 5.91 Å². The van der Waals surface area contributed by atoms with E-state index in [1.165, 1.54) is 23.9 Å². The molecule has 0 unspecified atom stereocenters. The highest BCUT2D eigenvalue weighted by Gasteiger charge is 2.38. The first kappa shape index (κ1) is 17.1. The van der Waals surface area contributed by atoms with Crippen molar-refractivity contribution in [2.24, 2.45) is 0 Å². The number of alkyl halides is 3. The van der Waals surface area contributed by atoms with Gasteiger partial charge in [0.1, 0.15) is 5.37 Å². The van der Waals surface area contributed by atoms with E-state index in [0.717, 1.165) is 30.7 Å². The van der Waals surface area contributed by atoms with Gasteiger partial charge < -0.3 is 10.2 Å². The second-order valence-corrected chi connectivity index (χ2v) is 6.76. The fourth-order valence-corrected chi connectivity index (χ4v) is 3.77. The molecule has 1 fully saturated rings. The van der Waals surface area contributed by atoms with Gasteiger partial charge >= 0.3 is 6.18 Å². The predicted molar refractivity (Wildman–Crippen MR) is 80.3 cm³/mol. The summed E-state index contributed by atoms with van der Waals surface area (Å²) in [4.78, 5) is 14.0. The summed E-state index contributed by atoms with van der Waals surface area (Å²) in [6, 6.07) is 5.12. The van der Waals surface area contributed by atoms with Crippen LogP contribution in [0.1, 0.15) is 29.8 Å². The Bertz CT molecular complexity index is 519. The van der Waals surface area contributed by atoms with E-state index in [9.17, 15) is 18.0 Å². The molecule has 0 aliphatic carbocycles. The van der Waals surface area contributed by atoms with E-state index in [2.05, 4.69) is 0 Å². The fraction of sp³-hybridized carbons (Fsp3) is 0.533. The molecule has 0 radical (unpaired) electrons. The largest absolute Gasteiger partial charge is 0.416 e. The molecule has 0 spiro atoms. The van der Waals surface area contributed by atoms with Crippen molar-refractivity contribution in [1.82, 2.24) is 4.90 Å². The molecule has 1 saturated heterocycles. The summed E-state index contributed by atoms with van der Waals surface area (Å²) in [5.74, 6) is 0.0611. The quantitative estimate of drug-likeness (QED) is 0.839. The molecular formula is C15H20F3N2OS+. The first-order valence-electron chi connectivity index (χ1n) is 7.25. The van der Waals surface area contributed by atoms with Crippen LogP contribution in [0.25, 0.3) is 0 Å².